The Labute approximate surface area is 214 Å². The number of piperidine rings is 1. The molecule has 1 amide bonds. The monoisotopic (exact) mass is 544 g/mol. The van der Waals surface area contributed by atoms with Crippen LogP contribution in [-0.2, 0) is 16.1 Å². The number of carbonyl (C=O) groups excluding carboxylic acids is 1. The number of pyridine rings is 1. The molecular formula is C23H28F4N6O3S. The first kappa shape index (κ1) is 27.2. The van der Waals surface area contributed by atoms with Crippen LogP contribution < -0.4 is 10.6 Å². The minimum Gasteiger partial charge on any atom is -0.378 e. The Morgan fingerprint density at radius 3 is 2.78 bits per heavy atom. The molecule has 1 saturated heterocycles. The number of hydrogen-bond acceptors (Lipinski definition) is 8. The van der Waals surface area contributed by atoms with Gasteiger partial charge in [-0.2, -0.15) is 18.2 Å². The van der Waals surface area contributed by atoms with Crippen LogP contribution >= 0.6 is 11.8 Å². The van der Waals surface area contributed by atoms with E-state index in [4.69, 9.17) is 9.26 Å². The van der Waals surface area contributed by atoms with E-state index in [1.54, 1.807) is 26.0 Å². The first-order valence-electron chi connectivity index (χ1n) is 11.5. The van der Waals surface area contributed by atoms with Crippen LogP contribution in [0.2, 0.25) is 0 Å². The predicted molar refractivity (Wildman–Crippen MR) is 130 cm³/mol. The molecule has 37 heavy (non-hydrogen) atoms. The van der Waals surface area contributed by atoms with Crippen molar-refractivity contribution in [2.45, 2.75) is 55.2 Å². The van der Waals surface area contributed by atoms with Gasteiger partial charge in [0, 0.05) is 38.2 Å². The fraction of sp³-hybridized carbons (Fsp3) is 0.522. The van der Waals surface area contributed by atoms with E-state index < -0.39 is 29.2 Å². The van der Waals surface area contributed by atoms with E-state index in [1.165, 1.54) is 23.8 Å². The van der Waals surface area contributed by atoms with Crippen molar-refractivity contribution in [2.75, 3.05) is 32.6 Å². The first-order valence-corrected chi connectivity index (χ1v) is 12.3. The second kappa shape index (κ2) is 10.5. The van der Waals surface area contributed by atoms with E-state index >= 15 is 0 Å². The van der Waals surface area contributed by atoms with Gasteiger partial charge in [-0.3, -0.25) is 4.79 Å². The quantitative estimate of drug-likeness (QED) is 0.323. The Hall–Kier alpha value is -2.84. The van der Waals surface area contributed by atoms with Crippen LogP contribution in [0.25, 0.3) is 16.9 Å². The summed E-state index contributed by atoms with van der Waals surface area (Å²) in [5.74, 6) is -0.480. The Kier molecular flexibility index (Phi) is 7.72. The summed E-state index contributed by atoms with van der Waals surface area (Å²) < 4.78 is 66.9. The fourth-order valence-electron chi connectivity index (χ4n) is 3.99. The maximum absolute atomic E-state index is 14.7. The third-order valence-electron chi connectivity index (χ3n) is 6.23. The summed E-state index contributed by atoms with van der Waals surface area (Å²) in [6, 6.07) is 4.33. The average molecular weight is 545 g/mol. The molecule has 0 radical (unpaired) electrons. The number of nitrogens with zero attached hydrogens (tertiary/aromatic N) is 4. The van der Waals surface area contributed by atoms with Gasteiger partial charge in [-0.25, -0.2) is 4.39 Å². The Bertz CT molecular complexity index is 1260. The zero-order valence-corrected chi connectivity index (χ0v) is 21.5. The number of carbonyl (C=O) groups is 1. The smallest absolute Gasteiger partial charge is 0.378 e. The molecule has 0 saturated carbocycles. The molecule has 0 aromatic carbocycles. The normalized spacial score (nSPS) is 19.4. The Balaban J connectivity index is 1.66. The van der Waals surface area contributed by atoms with E-state index in [0.29, 0.717) is 24.2 Å². The molecule has 14 heteroatoms. The SMILES string of the molecule is COC(C)(C)C(=O)NCc1nc(-c2cc3c(N[C@@H]4CCN(C)C[C@@H]4F)cccn3c2SC(F)(F)F)no1. The number of fused-ring (bicyclic) bond motifs is 1. The summed E-state index contributed by atoms with van der Waals surface area (Å²) in [6.07, 6.45) is 0.916. The topological polar surface area (TPSA) is 96.9 Å². The summed E-state index contributed by atoms with van der Waals surface area (Å²) in [6.45, 7) is 4.00. The number of alkyl halides is 4. The number of amides is 1. The number of nitrogens with one attached hydrogen (secondary N) is 2. The number of thioether (sulfide) groups is 1. The molecule has 2 atom stereocenters. The van der Waals surface area contributed by atoms with Crippen molar-refractivity contribution in [1.29, 1.82) is 0 Å². The van der Waals surface area contributed by atoms with E-state index in [2.05, 4.69) is 20.8 Å². The summed E-state index contributed by atoms with van der Waals surface area (Å²) in [7, 11) is 3.23. The summed E-state index contributed by atoms with van der Waals surface area (Å²) >= 11 is -0.306. The number of hydrogen-bond donors (Lipinski definition) is 2. The molecule has 1 fully saturated rings. The van der Waals surface area contributed by atoms with E-state index in [1.807, 2.05) is 11.9 Å². The van der Waals surface area contributed by atoms with E-state index in [9.17, 15) is 22.4 Å². The largest absolute Gasteiger partial charge is 0.447 e. The molecular weight excluding hydrogens is 516 g/mol. The van der Waals surface area contributed by atoms with Gasteiger partial charge in [0.2, 0.25) is 11.7 Å². The van der Waals surface area contributed by atoms with Gasteiger partial charge < -0.3 is 29.2 Å². The number of methoxy groups -OCH3 is 1. The lowest BCUT2D eigenvalue weighted by Crippen LogP contribution is -2.46. The van der Waals surface area contributed by atoms with Gasteiger partial charge in [0.15, 0.2) is 0 Å². The standard InChI is InChI=1S/C23H28F4N6O3S/c1-22(2,35-4)21(34)28-11-18-30-19(31-36-18)13-10-17-16(29-15-7-9-32(3)12-14(15)24)6-5-8-33(17)20(13)37-23(25,26)27/h5-6,8,10,14-15,29H,7,9,11-12H2,1-4H3,(H,28,34)/t14-,15+/m0/s1. The van der Waals surface area contributed by atoms with Gasteiger partial charge in [-0.1, -0.05) is 5.16 Å². The zero-order chi connectivity index (χ0) is 27.0. The molecule has 4 rings (SSSR count). The number of halogens is 4. The molecule has 0 spiro atoms. The van der Waals surface area contributed by atoms with Gasteiger partial charge in [-0.05, 0) is 45.5 Å². The molecule has 2 N–H and O–H groups in total. The summed E-state index contributed by atoms with van der Waals surface area (Å²) in [4.78, 5) is 18.3. The maximum Gasteiger partial charge on any atom is 0.447 e. The van der Waals surface area contributed by atoms with Crippen LogP contribution in [0.1, 0.15) is 26.2 Å². The minimum absolute atomic E-state index is 0.0124. The van der Waals surface area contributed by atoms with Crippen molar-refractivity contribution in [2.24, 2.45) is 0 Å². The van der Waals surface area contributed by atoms with Crippen molar-refractivity contribution in [1.82, 2.24) is 24.8 Å². The lowest BCUT2D eigenvalue weighted by atomic mass is 10.0. The van der Waals surface area contributed by atoms with E-state index in [0.717, 1.165) is 0 Å². The molecule has 1 aliphatic heterocycles. The number of aromatic nitrogens is 3. The number of likely N-dealkylation sites (tertiary alicyclic amines) is 1. The lowest BCUT2D eigenvalue weighted by Gasteiger charge is -2.33. The van der Waals surface area contributed by atoms with Crippen molar-refractivity contribution in [3.05, 3.63) is 30.3 Å². The van der Waals surface area contributed by atoms with Gasteiger partial charge in [0.25, 0.3) is 5.91 Å². The third kappa shape index (κ3) is 6.18. The highest BCUT2D eigenvalue weighted by Gasteiger charge is 2.35. The van der Waals surface area contributed by atoms with Crippen molar-refractivity contribution in [3.63, 3.8) is 0 Å². The van der Waals surface area contributed by atoms with Gasteiger partial charge in [-0.15, -0.1) is 0 Å². The van der Waals surface area contributed by atoms with Crippen molar-refractivity contribution < 1.29 is 31.6 Å². The molecule has 1 aliphatic rings. The Morgan fingerprint density at radius 2 is 2.11 bits per heavy atom. The number of ether oxygens (including phenoxy) is 1. The van der Waals surface area contributed by atoms with Crippen LogP contribution in [0.15, 0.2) is 33.9 Å². The van der Waals surface area contributed by atoms with Crippen LogP contribution in [0.5, 0.6) is 0 Å². The predicted octanol–water partition coefficient (Wildman–Crippen LogP) is 4.10. The van der Waals surface area contributed by atoms with Crippen molar-refractivity contribution in [3.8, 4) is 11.4 Å². The van der Waals surface area contributed by atoms with E-state index in [-0.39, 0.29) is 47.2 Å². The molecule has 0 aliphatic carbocycles. The number of anilines is 1. The van der Waals surface area contributed by atoms with Crippen LogP contribution in [-0.4, -0.2) is 75.9 Å². The molecule has 202 valence electrons. The minimum atomic E-state index is -4.59. The fourth-order valence-corrected chi connectivity index (χ4v) is 4.72. The van der Waals surface area contributed by atoms with Crippen molar-refractivity contribution >= 4 is 28.9 Å². The highest BCUT2D eigenvalue weighted by atomic mass is 32.2. The first-order chi connectivity index (χ1) is 17.4. The highest BCUT2D eigenvalue weighted by molar-refractivity contribution is 8.00. The second-order valence-electron chi connectivity index (χ2n) is 9.31. The highest BCUT2D eigenvalue weighted by Crippen LogP contribution is 2.43. The molecule has 3 aromatic rings. The lowest BCUT2D eigenvalue weighted by molar-refractivity contribution is -0.139. The molecule has 0 bridgehead atoms. The summed E-state index contributed by atoms with van der Waals surface area (Å²) in [5, 5.41) is 9.45. The van der Waals surface area contributed by atoms with Gasteiger partial charge in [0.05, 0.1) is 34.4 Å². The third-order valence-corrected chi connectivity index (χ3v) is 7.07. The van der Waals surface area contributed by atoms with Crippen LogP contribution in [0.3, 0.4) is 0 Å². The summed E-state index contributed by atoms with van der Waals surface area (Å²) in [5.41, 5.74) is -4.67. The molecule has 3 aromatic heterocycles. The number of rotatable bonds is 8. The Morgan fingerprint density at radius 1 is 1.35 bits per heavy atom. The molecule has 0 unspecified atom stereocenters. The average Bonchev–Trinajstić information content (AvgIpc) is 3.43. The van der Waals surface area contributed by atoms with Crippen LogP contribution in [0, 0.1) is 0 Å². The zero-order valence-electron chi connectivity index (χ0n) is 20.7. The van der Waals surface area contributed by atoms with Gasteiger partial charge >= 0.3 is 5.51 Å². The van der Waals surface area contributed by atoms with Crippen LogP contribution in [0.4, 0.5) is 23.2 Å². The second-order valence-corrected chi connectivity index (χ2v) is 10.4. The molecule has 9 nitrogen and oxygen atoms in total. The molecule has 4 heterocycles. The van der Waals surface area contributed by atoms with Gasteiger partial charge in [0.1, 0.15) is 11.8 Å². The maximum atomic E-state index is 14.7.